The van der Waals surface area contributed by atoms with Crippen LogP contribution in [0, 0.1) is 0 Å². The molecule has 1 atom stereocenters. The van der Waals surface area contributed by atoms with Gasteiger partial charge in [0.2, 0.25) is 0 Å². The average Bonchev–Trinajstić information content (AvgIpc) is 2.10. The molecule has 0 N–H and O–H groups in total. The smallest absolute Gasteiger partial charge is 0.0597 e. The predicted molar refractivity (Wildman–Crippen MR) is 49.5 cm³/mol. The number of aromatic nitrogens is 1. The Bertz CT molecular complexity index is 151. The molecule has 0 bridgehead atoms. The van der Waals surface area contributed by atoms with E-state index in [1.165, 1.54) is 5.44 Å². The summed E-state index contributed by atoms with van der Waals surface area (Å²) in [5.41, 5.74) is 1.19. The molecule has 1 heterocycles. The van der Waals surface area contributed by atoms with Crippen molar-refractivity contribution in [3.05, 3.63) is 24.4 Å². The van der Waals surface area contributed by atoms with E-state index in [-0.39, 0.29) is 0 Å². The molecular formula is C8H14NP. The minimum absolute atomic E-state index is 0.819. The van der Waals surface area contributed by atoms with Crippen LogP contribution in [-0.4, -0.2) is 11.6 Å². The number of rotatable bonds is 1. The number of pyridine rings is 1. The number of hydrogen-bond acceptors (Lipinski definition) is 1. The number of hydrogen-bond donors (Lipinski definition) is 0. The topological polar surface area (TPSA) is 12.9 Å². The molecule has 0 aromatic carbocycles. The lowest BCUT2D eigenvalue weighted by Gasteiger charge is -1.88. The van der Waals surface area contributed by atoms with Crippen LogP contribution in [0.3, 0.4) is 0 Å². The fourth-order valence-corrected chi connectivity index (χ4v) is 0.977. The van der Waals surface area contributed by atoms with Crippen LogP contribution in [0.15, 0.2) is 24.4 Å². The molecule has 0 aliphatic rings. The van der Waals surface area contributed by atoms with Crippen molar-refractivity contribution in [2.24, 2.45) is 0 Å². The summed E-state index contributed by atoms with van der Waals surface area (Å²) in [6.07, 6.45) is 1.83. The van der Waals surface area contributed by atoms with E-state index in [4.69, 9.17) is 0 Å². The molecule has 1 rings (SSSR count). The van der Waals surface area contributed by atoms with Crippen molar-refractivity contribution in [3.8, 4) is 0 Å². The molecule has 1 nitrogen and oxygen atoms in total. The average molecular weight is 155 g/mol. The molecule has 1 aromatic rings. The van der Waals surface area contributed by atoms with Crippen molar-refractivity contribution in [3.63, 3.8) is 0 Å². The Balaban J connectivity index is 0.000000371. The van der Waals surface area contributed by atoms with Gasteiger partial charge in [0.1, 0.15) is 0 Å². The van der Waals surface area contributed by atoms with Crippen LogP contribution in [-0.2, 0) is 0 Å². The molecule has 2 heteroatoms. The Kier molecular flexibility index (Phi) is 6.42. The minimum atomic E-state index is 0.819. The normalized spacial score (nSPS) is 9.10. The Morgan fingerprint density at radius 1 is 1.30 bits per heavy atom. The lowest BCUT2D eigenvalue weighted by Crippen LogP contribution is -1.95. The summed E-state index contributed by atoms with van der Waals surface area (Å²) in [6.45, 7) is 6.13. The van der Waals surface area contributed by atoms with Crippen molar-refractivity contribution in [2.45, 2.75) is 13.8 Å². The van der Waals surface area contributed by atoms with Crippen LogP contribution in [0.5, 0.6) is 0 Å². The monoisotopic (exact) mass is 155 g/mol. The second kappa shape index (κ2) is 6.70. The largest absolute Gasteiger partial charge is 0.257 e. The zero-order chi connectivity index (χ0) is 7.82. The Morgan fingerprint density at radius 2 is 2.00 bits per heavy atom. The van der Waals surface area contributed by atoms with Gasteiger partial charge in [0.15, 0.2) is 0 Å². The minimum Gasteiger partial charge on any atom is -0.257 e. The third-order valence-corrected chi connectivity index (χ3v) is 1.73. The quantitative estimate of drug-likeness (QED) is 0.565. The van der Waals surface area contributed by atoms with Crippen molar-refractivity contribution in [1.29, 1.82) is 0 Å². The summed E-state index contributed by atoms with van der Waals surface area (Å²) >= 11 is 0. The van der Waals surface area contributed by atoms with Gasteiger partial charge in [0.05, 0.1) is 5.44 Å². The summed E-state index contributed by atoms with van der Waals surface area (Å²) in [7, 11) is 0.819. The molecular weight excluding hydrogens is 141 g/mol. The first-order chi connectivity index (χ1) is 4.93. The Labute approximate surface area is 64.7 Å². The van der Waals surface area contributed by atoms with Crippen molar-refractivity contribution >= 4 is 14.0 Å². The summed E-state index contributed by atoms with van der Waals surface area (Å²) in [6, 6.07) is 5.99. The van der Waals surface area contributed by atoms with Crippen LogP contribution in [0.1, 0.15) is 13.8 Å². The van der Waals surface area contributed by atoms with Gasteiger partial charge in [-0.05, 0) is 18.8 Å². The maximum absolute atomic E-state index is 4.11. The molecule has 0 fully saturated rings. The highest BCUT2D eigenvalue weighted by molar-refractivity contribution is 7.45. The molecule has 10 heavy (non-hydrogen) atoms. The maximum Gasteiger partial charge on any atom is 0.0597 e. The van der Waals surface area contributed by atoms with Gasteiger partial charge in [0, 0.05) is 6.20 Å². The van der Waals surface area contributed by atoms with Crippen LogP contribution in [0.2, 0.25) is 0 Å². The van der Waals surface area contributed by atoms with Crippen LogP contribution in [0.25, 0.3) is 0 Å². The van der Waals surface area contributed by atoms with E-state index in [9.17, 15) is 0 Å². The molecule has 1 unspecified atom stereocenters. The predicted octanol–water partition coefficient (Wildman–Crippen LogP) is 2.04. The molecule has 0 spiro atoms. The van der Waals surface area contributed by atoms with Crippen LogP contribution in [0.4, 0.5) is 0 Å². The van der Waals surface area contributed by atoms with E-state index in [1.807, 2.05) is 38.2 Å². The molecule has 0 aliphatic heterocycles. The molecule has 0 saturated carbocycles. The Morgan fingerprint density at radius 3 is 2.30 bits per heavy atom. The van der Waals surface area contributed by atoms with E-state index >= 15 is 0 Å². The van der Waals surface area contributed by atoms with E-state index in [2.05, 4.69) is 11.6 Å². The van der Waals surface area contributed by atoms with Gasteiger partial charge in [-0.15, -0.1) is 0 Å². The highest BCUT2D eigenvalue weighted by atomic mass is 31.1. The lowest BCUT2D eigenvalue weighted by molar-refractivity contribution is 1.39. The first-order valence-electron chi connectivity index (χ1n) is 3.52. The zero-order valence-electron chi connectivity index (χ0n) is 6.76. The summed E-state index contributed by atoms with van der Waals surface area (Å²) in [5.74, 6) is 0. The number of nitrogens with zero attached hydrogens (tertiary/aromatic N) is 1. The first-order valence-corrected chi connectivity index (χ1v) is 5.02. The second-order valence-electron chi connectivity index (χ2n) is 1.46. The standard InChI is InChI=1S/C6H8NP.C2H6/c1-8-6-4-2-3-5-7-6;1-2/h2-5,8H,1H3;1-2H3. The zero-order valence-corrected chi connectivity index (χ0v) is 7.76. The van der Waals surface area contributed by atoms with E-state index in [0.29, 0.717) is 0 Å². The van der Waals surface area contributed by atoms with Gasteiger partial charge in [0.25, 0.3) is 0 Å². The lowest BCUT2D eigenvalue weighted by atomic mass is 10.5. The van der Waals surface area contributed by atoms with Gasteiger partial charge in [-0.3, -0.25) is 4.98 Å². The van der Waals surface area contributed by atoms with E-state index in [0.717, 1.165) is 8.58 Å². The molecule has 0 amide bonds. The fourth-order valence-electron chi connectivity index (χ4n) is 0.511. The van der Waals surface area contributed by atoms with Gasteiger partial charge in [-0.2, -0.15) is 0 Å². The SMILES string of the molecule is CC.CPc1ccccn1. The first kappa shape index (κ1) is 9.58. The van der Waals surface area contributed by atoms with E-state index in [1.54, 1.807) is 0 Å². The third-order valence-electron chi connectivity index (χ3n) is 0.921. The van der Waals surface area contributed by atoms with Gasteiger partial charge < -0.3 is 0 Å². The fraction of sp³-hybridized carbons (Fsp3) is 0.375. The summed E-state index contributed by atoms with van der Waals surface area (Å²) in [5, 5.41) is 0. The van der Waals surface area contributed by atoms with Gasteiger partial charge in [-0.25, -0.2) is 0 Å². The summed E-state index contributed by atoms with van der Waals surface area (Å²) < 4.78 is 0. The van der Waals surface area contributed by atoms with Crippen molar-refractivity contribution < 1.29 is 0 Å². The van der Waals surface area contributed by atoms with Gasteiger partial charge >= 0.3 is 0 Å². The van der Waals surface area contributed by atoms with Crippen LogP contribution < -0.4 is 5.44 Å². The molecule has 56 valence electrons. The molecule has 0 radical (unpaired) electrons. The van der Waals surface area contributed by atoms with Crippen molar-refractivity contribution in [2.75, 3.05) is 6.66 Å². The molecule has 0 aliphatic carbocycles. The van der Waals surface area contributed by atoms with Crippen LogP contribution >= 0.6 is 8.58 Å². The second-order valence-corrected chi connectivity index (χ2v) is 2.48. The Hall–Kier alpha value is -0.420. The third kappa shape index (κ3) is 3.58. The van der Waals surface area contributed by atoms with Crippen molar-refractivity contribution in [1.82, 2.24) is 4.98 Å². The highest BCUT2D eigenvalue weighted by Crippen LogP contribution is 1.97. The highest BCUT2D eigenvalue weighted by Gasteiger charge is 1.81. The maximum atomic E-state index is 4.11. The summed E-state index contributed by atoms with van der Waals surface area (Å²) in [4.78, 5) is 4.11. The van der Waals surface area contributed by atoms with E-state index < -0.39 is 0 Å². The van der Waals surface area contributed by atoms with Gasteiger partial charge in [-0.1, -0.05) is 28.5 Å². The molecule has 1 aromatic heterocycles. The molecule has 0 saturated heterocycles.